The smallest absolute Gasteiger partial charge is 0.269 e. The lowest BCUT2D eigenvalue weighted by atomic mass is 9.83. The summed E-state index contributed by atoms with van der Waals surface area (Å²) in [5.41, 5.74) is 3.81. The summed E-state index contributed by atoms with van der Waals surface area (Å²) in [5.74, 6) is 0.482. The Kier molecular flexibility index (Phi) is 5.59. The number of nitrogens with zero attached hydrogens (tertiary/aromatic N) is 2. The molecular weight excluding hydrogens is 400 g/mol. The third kappa shape index (κ3) is 4.28. The SMILES string of the molecule is CC(CC(=O)c1ccc2c(c1)c1ccccc1n2-c1ccc([N+](=O)[O-])cc1)CC(C)(C)C. The van der Waals surface area contributed by atoms with Gasteiger partial charge in [-0.3, -0.25) is 14.9 Å². The van der Waals surface area contributed by atoms with Gasteiger partial charge in [-0.15, -0.1) is 0 Å². The number of hydrogen-bond acceptors (Lipinski definition) is 3. The van der Waals surface area contributed by atoms with Crippen molar-refractivity contribution in [3.63, 3.8) is 0 Å². The molecule has 3 aromatic carbocycles. The minimum Gasteiger partial charge on any atom is -0.309 e. The number of hydrogen-bond donors (Lipinski definition) is 0. The van der Waals surface area contributed by atoms with Crippen LogP contribution in [-0.2, 0) is 0 Å². The maximum Gasteiger partial charge on any atom is 0.269 e. The molecule has 0 bridgehead atoms. The van der Waals surface area contributed by atoms with E-state index in [1.54, 1.807) is 12.1 Å². The van der Waals surface area contributed by atoms with Gasteiger partial charge >= 0.3 is 0 Å². The van der Waals surface area contributed by atoms with Crippen LogP contribution in [0.25, 0.3) is 27.5 Å². The van der Waals surface area contributed by atoms with Crippen LogP contribution in [0.4, 0.5) is 5.69 Å². The highest BCUT2D eigenvalue weighted by Gasteiger charge is 2.20. The van der Waals surface area contributed by atoms with E-state index in [2.05, 4.69) is 38.3 Å². The molecule has 32 heavy (non-hydrogen) atoms. The van der Waals surface area contributed by atoms with Gasteiger partial charge in [0.2, 0.25) is 0 Å². The van der Waals surface area contributed by atoms with Crippen molar-refractivity contribution in [2.75, 3.05) is 0 Å². The zero-order valence-electron chi connectivity index (χ0n) is 19.0. The quantitative estimate of drug-likeness (QED) is 0.183. The summed E-state index contributed by atoms with van der Waals surface area (Å²) >= 11 is 0. The minimum absolute atomic E-state index is 0.0618. The number of nitro benzene ring substituents is 1. The largest absolute Gasteiger partial charge is 0.309 e. The van der Waals surface area contributed by atoms with Gasteiger partial charge in [0.05, 0.1) is 16.0 Å². The summed E-state index contributed by atoms with van der Waals surface area (Å²) in [6.45, 7) is 8.75. The highest BCUT2D eigenvalue weighted by molar-refractivity contribution is 6.11. The average Bonchev–Trinajstić information content (AvgIpc) is 3.06. The fourth-order valence-electron chi connectivity index (χ4n) is 4.70. The van der Waals surface area contributed by atoms with Crippen molar-refractivity contribution in [1.29, 1.82) is 0 Å². The molecule has 1 unspecified atom stereocenters. The van der Waals surface area contributed by atoms with Gasteiger partial charge in [-0.2, -0.15) is 0 Å². The van der Waals surface area contributed by atoms with Gasteiger partial charge in [-0.25, -0.2) is 0 Å². The monoisotopic (exact) mass is 428 g/mol. The number of ketones is 1. The Hall–Kier alpha value is -3.47. The molecule has 0 aliphatic rings. The van der Waals surface area contributed by atoms with Crippen LogP contribution in [0, 0.1) is 21.4 Å². The molecule has 4 rings (SSSR count). The highest BCUT2D eigenvalue weighted by Crippen LogP contribution is 2.34. The van der Waals surface area contributed by atoms with Crippen molar-refractivity contribution in [2.24, 2.45) is 11.3 Å². The van der Waals surface area contributed by atoms with E-state index in [4.69, 9.17) is 0 Å². The summed E-state index contributed by atoms with van der Waals surface area (Å²) in [5, 5.41) is 13.1. The molecule has 0 N–H and O–H groups in total. The lowest BCUT2D eigenvalue weighted by molar-refractivity contribution is -0.384. The number of aromatic nitrogens is 1. The van der Waals surface area contributed by atoms with E-state index in [0.717, 1.165) is 39.5 Å². The van der Waals surface area contributed by atoms with Crippen molar-refractivity contribution in [2.45, 2.75) is 40.5 Å². The van der Waals surface area contributed by atoms with E-state index in [1.165, 1.54) is 12.1 Å². The first-order valence-electron chi connectivity index (χ1n) is 11.0. The first-order valence-corrected chi connectivity index (χ1v) is 11.0. The Morgan fingerprint density at radius 2 is 1.62 bits per heavy atom. The first kappa shape index (κ1) is 21.8. The van der Waals surface area contributed by atoms with Crippen LogP contribution in [0.2, 0.25) is 0 Å². The van der Waals surface area contributed by atoms with E-state index in [0.29, 0.717) is 12.3 Å². The Bertz CT molecular complexity index is 1310. The van der Waals surface area contributed by atoms with Crippen molar-refractivity contribution < 1.29 is 9.72 Å². The number of para-hydroxylation sites is 1. The molecule has 4 aromatic rings. The van der Waals surface area contributed by atoms with Crippen LogP contribution >= 0.6 is 0 Å². The summed E-state index contributed by atoms with van der Waals surface area (Å²) in [4.78, 5) is 23.7. The zero-order valence-corrected chi connectivity index (χ0v) is 19.0. The van der Waals surface area contributed by atoms with Gasteiger partial charge in [0.1, 0.15) is 0 Å². The summed E-state index contributed by atoms with van der Waals surface area (Å²) < 4.78 is 2.09. The van der Waals surface area contributed by atoms with Crippen molar-refractivity contribution in [1.82, 2.24) is 4.57 Å². The lowest BCUT2D eigenvalue weighted by Gasteiger charge is -2.22. The number of Topliss-reactive ketones (excluding diaryl/α,β-unsaturated/α-hetero) is 1. The summed E-state index contributed by atoms with van der Waals surface area (Å²) in [7, 11) is 0. The normalized spacial score (nSPS) is 12.9. The van der Waals surface area contributed by atoms with Crippen molar-refractivity contribution in [3.8, 4) is 5.69 Å². The van der Waals surface area contributed by atoms with Crippen LogP contribution in [0.1, 0.15) is 50.9 Å². The molecule has 0 fully saturated rings. The minimum atomic E-state index is -0.395. The Balaban J connectivity index is 1.77. The second kappa shape index (κ2) is 8.23. The standard InChI is InChI=1S/C27H28N2O3/c1-18(17-27(2,3)4)15-26(30)19-9-14-25-23(16-19)22-7-5-6-8-24(22)28(25)20-10-12-21(13-11-20)29(31)32/h5-14,16,18H,15,17H2,1-4H3. The number of carbonyl (C=O) groups excluding carboxylic acids is 1. The summed E-state index contributed by atoms with van der Waals surface area (Å²) in [6.07, 6.45) is 1.53. The predicted molar refractivity (Wildman–Crippen MR) is 130 cm³/mol. The molecule has 0 saturated heterocycles. The third-order valence-corrected chi connectivity index (χ3v) is 5.81. The molecule has 0 amide bonds. The molecule has 1 atom stereocenters. The van der Waals surface area contributed by atoms with E-state index in [1.807, 2.05) is 36.4 Å². The van der Waals surface area contributed by atoms with Gasteiger partial charge in [-0.1, -0.05) is 45.9 Å². The van der Waals surface area contributed by atoms with Gasteiger partial charge < -0.3 is 4.57 Å². The van der Waals surface area contributed by atoms with Gasteiger partial charge in [0.25, 0.3) is 5.69 Å². The molecule has 5 nitrogen and oxygen atoms in total. The first-order chi connectivity index (χ1) is 15.1. The average molecular weight is 429 g/mol. The van der Waals surface area contributed by atoms with Crippen LogP contribution in [0.15, 0.2) is 66.7 Å². The Morgan fingerprint density at radius 1 is 0.969 bits per heavy atom. The van der Waals surface area contributed by atoms with Gasteiger partial charge in [0, 0.05) is 40.6 Å². The van der Waals surface area contributed by atoms with Gasteiger partial charge in [-0.05, 0) is 54.2 Å². The fraction of sp³-hybridized carbons (Fsp3) is 0.296. The fourth-order valence-corrected chi connectivity index (χ4v) is 4.70. The molecule has 164 valence electrons. The third-order valence-electron chi connectivity index (χ3n) is 5.81. The van der Waals surface area contributed by atoms with E-state index in [9.17, 15) is 14.9 Å². The van der Waals surface area contributed by atoms with E-state index >= 15 is 0 Å². The molecular formula is C27H28N2O3. The Morgan fingerprint density at radius 3 is 2.28 bits per heavy atom. The van der Waals surface area contributed by atoms with E-state index < -0.39 is 4.92 Å². The number of fused-ring (bicyclic) bond motifs is 3. The van der Waals surface area contributed by atoms with Gasteiger partial charge in [0.15, 0.2) is 5.78 Å². The second-order valence-corrected chi connectivity index (χ2v) is 9.86. The number of benzene rings is 3. The summed E-state index contributed by atoms with van der Waals surface area (Å²) in [6, 6.07) is 20.5. The molecule has 5 heteroatoms. The van der Waals surface area contributed by atoms with E-state index in [-0.39, 0.29) is 16.9 Å². The molecule has 0 radical (unpaired) electrons. The van der Waals surface area contributed by atoms with Crippen molar-refractivity contribution >= 4 is 33.3 Å². The predicted octanol–water partition coefficient (Wildman–Crippen LogP) is 7.34. The number of carbonyl (C=O) groups is 1. The highest BCUT2D eigenvalue weighted by atomic mass is 16.6. The van der Waals surface area contributed by atoms with Crippen molar-refractivity contribution in [3.05, 3.63) is 82.4 Å². The number of non-ortho nitro benzene ring substituents is 1. The van der Waals surface area contributed by atoms with Crippen LogP contribution in [0.5, 0.6) is 0 Å². The number of nitro groups is 1. The molecule has 0 aliphatic heterocycles. The molecule has 0 aliphatic carbocycles. The molecule has 1 heterocycles. The maximum absolute atomic E-state index is 13.0. The number of rotatable bonds is 6. The van der Waals surface area contributed by atoms with Crippen LogP contribution in [0.3, 0.4) is 0 Å². The zero-order chi connectivity index (χ0) is 23.0. The van der Waals surface area contributed by atoms with Crippen LogP contribution < -0.4 is 0 Å². The maximum atomic E-state index is 13.0. The molecule has 1 aromatic heterocycles. The second-order valence-electron chi connectivity index (χ2n) is 9.86. The Labute approximate surface area is 187 Å². The topological polar surface area (TPSA) is 65.1 Å². The van der Waals surface area contributed by atoms with Crippen LogP contribution in [-0.4, -0.2) is 15.3 Å². The molecule has 0 spiro atoms. The lowest BCUT2D eigenvalue weighted by Crippen LogP contribution is -2.14. The molecule has 0 saturated carbocycles.